The van der Waals surface area contributed by atoms with E-state index < -0.39 is 41.6 Å². The number of imidazole rings is 1. The zero-order chi connectivity index (χ0) is 46.0. The van der Waals surface area contributed by atoms with Crippen LogP contribution in [-0.4, -0.2) is 114 Å². The largest absolute Gasteiger partial charge is 0.573 e. The van der Waals surface area contributed by atoms with E-state index in [2.05, 4.69) is 30.3 Å². The minimum absolute atomic E-state index is 0.0163. The quantitative estimate of drug-likeness (QED) is 0.136. The van der Waals surface area contributed by atoms with Crippen LogP contribution in [0, 0.1) is 11.3 Å². The van der Waals surface area contributed by atoms with Crippen LogP contribution in [0.5, 0.6) is 5.75 Å². The van der Waals surface area contributed by atoms with E-state index in [1.807, 2.05) is 51.3 Å². The number of aromatic nitrogens is 3. The van der Waals surface area contributed by atoms with Crippen molar-refractivity contribution in [2.24, 2.45) is 11.3 Å². The summed E-state index contributed by atoms with van der Waals surface area (Å²) in [5, 5.41) is 5.16. The minimum Gasteiger partial charge on any atom is -0.453 e. The number of rotatable bonds is 11. The minimum atomic E-state index is -5.07. The zero-order valence-corrected chi connectivity index (χ0v) is 37.1. The standard InChI is InChI=1S/C44H52ClF3N8O7/c1-24(2)37(53-42(60)62-8)40(58)56-23-29(61-7)17-34(56)38-50-21-33(51-38)27-11-9-26(10-12-27)30-18-31(45)32(19-35(30)63-44(46,47)48)52-39(57)28-13-14-36(49-20-28)55-16-15-54(22-25(55)3)41(59)43(4,5)6/h9-14,18-21,24-25,29,34,37H,15-17,22-23H2,1-8H3,(H,50,51)(H,52,57)(H,53,60). The Bertz CT molecular complexity index is 2300. The first-order valence-electron chi connectivity index (χ1n) is 20.4. The molecular weight excluding hydrogens is 845 g/mol. The lowest BCUT2D eigenvalue weighted by molar-refractivity contribution is -0.274. The Kier molecular flexibility index (Phi) is 13.9. The number of carbonyl (C=O) groups excluding carboxylic acids is 4. The third-order valence-corrected chi connectivity index (χ3v) is 11.4. The summed E-state index contributed by atoms with van der Waals surface area (Å²) >= 11 is 6.60. The number of aromatic amines is 1. The first-order chi connectivity index (χ1) is 29.7. The Labute approximate surface area is 368 Å². The first-order valence-corrected chi connectivity index (χ1v) is 20.8. The summed E-state index contributed by atoms with van der Waals surface area (Å²) in [7, 11) is 2.78. The average Bonchev–Trinajstić information content (AvgIpc) is 3.91. The average molecular weight is 897 g/mol. The van der Waals surface area contributed by atoms with Crippen LogP contribution in [-0.2, 0) is 19.1 Å². The highest BCUT2D eigenvalue weighted by molar-refractivity contribution is 6.34. The van der Waals surface area contributed by atoms with Crippen LogP contribution in [0.25, 0.3) is 22.4 Å². The van der Waals surface area contributed by atoms with E-state index in [1.54, 1.807) is 54.6 Å². The van der Waals surface area contributed by atoms with E-state index in [0.29, 0.717) is 54.5 Å². The maximum atomic E-state index is 13.8. The van der Waals surface area contributed by atoms with E-state index in [-0.39, 0.29) is 58.3 Å². The Morgan fingerprint density at radius 2 is 1.63 bits per heavy atom. The number of methoxy groups -OCH3 is 2. The summed E-state index contributed by atoms with van der Waals surface area (Å²) in [6, 6.07) is 10.7. The van der Waals surface area contributed by atoms with Crippen molar-refractivity contribution >= 4 is 46.9 Å². The molecule has 2 aliphatic heterocycles. The van der Waals surface area contributed by atoms with E-state index in [0.717, 1.165) is 6.07 Å². The van der Waals surface area contributed by atoms with Gasteiger partial charge >= 0.3 is 12.5 Å². The van der Waals surface area contributed by atoms with E-state index in [9.17, 15) is 32.3 Å². The molecule has 19 heteroatoms. The number of H-pyrrole nitrogens is 1. The highest BCUT2D eigenvalue weighted by Gasteiger charge is 2.42. The van der Waals surface area contributed by atoms with Gasteiger partial charge in [-0.25, -0.2) is 14.8 Å². The molecule has 2 aromatic carbocycles. The van der Waals surface area contributed by atoms with Crippen LogP contribution in [0.3, 0.4) is 0 Å². The van der Waals surface area contributed by atoms with E-state index in [1.165, 1.54) is 19.4 Å². The molecule has 2 saturated heterocycles. The lowest BCUT2D eigenvalue weighted by atomic mass is 9.94. The second-order valence-electron chi connectivity index (χ2n) is 17.0. The lowest BCUT2D eigenvalue weighted by Crippen LogP contribution is -2.56. The summed E-state index contributed by atoms with van der Waals surface area (Å²) in [4.78, 5) is 69.8. The number of alkyl carbamates (subject to hydrolysis) is 1. The second-order valence-corrected chi connectivity index (χ2v) is 17.4. The predicted molar refractivity (Wildman–Crippen MR) is 230 cm³/mol. The first kappa shape index (κ1) is 46.6. The number of hydrogen-bond acceptors (Lipinski definition) is 10. The maximum Gasteiger partial charge on any atom is 0.573 e. The number of anilines is 2. The molecule has 2 aliphatic rings. The number of likely N-dealkylation sites (tertiary alicyclic amines) is 1. The number of hydrogen-bond donors (Lipinski definition) is 3. The van der Waals surface area contributed by atoms with Crippen LogP contribution in [0.4, 0.5) is 29.5 Å². The molecule has 0 spiro atoms. The highest BCUT2D eigenvalue weighted by atomic mass is 35.5. The molecule has 0 saturated carbocycles. The normalized spacial score (nSPS) is 18.6. The fourth-order valence-corrected chi connectivity index (χ4v) is 7.97. The van der Waals surface area contributed by atoms with Crippen molar-refractivity contribution in [1.29, 1.82) is 0 Å². The molecule has 4 heterocycles. The van der Waals surface area contributed by atoms with Gasteiger partial charge in [0.2, 0.25) is 11.8 Å². The molecule has 63 heavy (non-hydrogen) atoms. The molecule has 6 rings (SSSR count). The van der Waals surface area contributed by atoms with Crippen molar-refractivity contribution in [3.63, 3.8) is 0 Å². The van der Waals surface area contributed by atoms with E-state index in [4.69, 9.17) is 21.1 Å². The third kappa shape index (κ3) is 10.8. The second kappa shape index (κ2) is 18.8. The highest BCUT2D eigenvalue weighted by Crippen LogP contribution is 2.41. The molecule has 0 radical (unpaired) electrons. The van der Waals surface area contributed by atoms with Gasteiger partial charge in [-0.2, -0.15) is 0 Å². The Morgan fingerprint density at radius 3 is 2.22 bits per heavy atom. The fraction of sp³-hybridized carbons (Fsp3) is 0.455. The molecule has 4 atom stereocenters. The van der Waals surface area contributed by atoms with Crippen LogP contribution in [0.15, 0.2) is 60.9 Å². The van der Waals surface area contributed by atoms with Gasteiger partial charge < -0.3 is 44.5 Å². The smallest absolute Gasteiger partial charge is 0.453 e. The van der Waals surface area contributed by atoms with Crippen LogP contribution in [0.1, 0.15) is 70.2 Å². The van der Waals surface area contributed by atoms with Gasteiger partial charge in [0.25, 0.3) is 5.91 Å². The van der Waals surface area contributed by atoms with Gasteiger partial charge in [-0.05, 0) is 42.2 Å². The molecule has 338 valence electrons. The molecule has 0 aliphatic carbocycles. The molecule has 2 aromatic heterocycles. The van der Waals surface area contributed by atoms with Crippen molar-refractivity contribution in [1.82, 2.24) is 30.1 Å². The SMILES string of the molecule is COC(=O)NC(C(=O)N1CC(OC)CC1c1ncc(-c2ccc(-c3cc(Cl)c(NC(=O)c4ccc(N5CCN(C(=O)C(C)(C)C)CC5C)nc4)cc3OC(F)(F)F)cc2)[nH]1)C(C)C. The number of nitrogens with zero attached hydrogens (tertiary/aromatic N) is 5. The Balaban J connectivity index is 1.18. The number of benzene rings is 2. The lowest BCUT2D eigenvalue weighted by Gasteiger charge is -2.42. The number of alkyl halides is 3. The summed E-state index contributed by atoms with van der Waals surface area (Å²) in [5.74, 6) is -0.636. The molecule has 4 aromatic rings. The summed E-state index contributed by atoms with van der Waals surface area (Å²) in [6.45, 7) is 13.1. The van der Waals surface area contributed by atoms with Gasteiger partial charge in [0.05, 0.1) is 47.4 Å². The number of piperazine rings is 1. The summed E-state index contributed by atoms with van der Waals surface area (Å²) < 4.78 is 56.1. The summed E-state index contributed by atoms with van der Waals surface area (Å²) in [6.07, 6.45) is -2.67. The number of halogens is 4. The van der Waals surface area contributed by atoms with Crippen molar-refractivity contribution in [2.45, 2.75) is 78.6 Å². The Hall–Kier alpha value is -5.88. The monoisotopic (exact) mass is 896 g/mol. The molecule has 2 fully saturated rings. The molecular formula is C44H52ClF3N8O7. The number of nitrogens with one attached hydrogen (secondary N) is 3. The predicted octanol–water partition coefficient (Wildman–Crippen LogP) is 7.70. The van der Waals surface area contributed by atoms with Gasteiger partial charge in [0.1, 0.15) is 23.4 Å². The fourth-order valence-electron chi connectivity index (χ4n) is 7.76. The number of amides is 4. The van der Waals surface area contributed by atoms with Gasteiger partial charge in [-0.15, -0.1) is 13.2 Å². The van der Waals surface area contributed by atoms with E-state index >= 15 is 0 Å². The zero-order valence-electron chi connectivity index (χ0n) is 36.3. The van der Waals surface area contributed by atoms with Crippen molar-refractivity contribution in [3.8, 4) is 28.1 Å². The van der Waals surface area contributed by atoms with Gasteiger partial charge in [-0.3, -0.25) is 14.4 Å². The number of carbonyl (C=O) groups is 4. The molecule has 15 nitrogen and oxygen atoms in total. The molecule has 0 bridgehead atoms. The van der Waals surface area contributed by atoms with Crippen LogP contribution < -0.4 is 20.3 Å². The van der Waals surface area contributed by atoms with Crippen molar-refractivity contribution in [2.75, 3.05) is 50.6 Å². The molecule has 4 amide bonds. The molecule has 3 N–H and O–H groups in total. The van der Waals surface area contributed by atoms with Crippen LogP contribution in [0.2, 0.25) is 5.02 Å². The molecule has 4 unspecified atom stereocenters. The topological polar surface area (TPSA) is 171 Å². The van der Waals surface area contributed by atoms with Crippen molar-refractivity contribution in [3.05, 3.63) is 77.3 Å². The van der Waals surface area contributed by atoms with Crippen molar-refractivity contribution < 1.29 is 46.6 Å². The number of ether oxygens (including phenoxy) is 3. The van der Waals surface area contributed by atoms with Gasteiger partial charge in [-0.1, -0.05) is 70.5 Å². The van der Waals surface area contributed by atoms with Gasteiger partial charge in [0.15, 0.2) is 0 Å². The summed E-state index contributed by atoms with van der Waals surface area (Å²) in [5.41, 5.74) is 1.11. The van der Waals surface area contributed by atoms with Gasteiger partial charge in [0, 0.05) is 69.0 Å². The third-order valence-electron chi connectivity index (χ3n) is 11.1. The Morgan fingerprint density at radius 1 is 0.937 bits per heavy atom. The number of pyridine rings is 1. The maximum absolute atomic E-state index is 13.8. The van der Waals surface area contributed by atoms with Crippen LogP contribution >= 0.6 is 11.6 Å².